The van der Waals surface area contributed by atoms with E-state index in [-0.39, 0.29) is 12.0 Å². The second-order valence-corrected chi connectivity index (χ2v) is 7.17. The molecule has 0 aromatic heterocycles. The van der Waals surface area contributed by atoms with Crippen molar-refractivity contribution in [2.24, 2.45) is 5.92 Å². The first-order valence-corrected chi connectivity index (χ1v) is 8.91. The number of nitrogens with one attached hydrogen (secondary N) is 2. The van der Waals surface area contributed by atoms with Crippen LogP contribution in [0.4, 0.5) is 0 Å². The molecule has 1 heterocycles. The van der Waals surface area contributed by atoms with Gasteiger partial charge in [0, 0.05) is 25.1 Å². The largest absolute Gasteiger partial charge is 0.381 e. The number of benzene rings is 1. The molecule has 0 amide bonds. The number of hydrogen-bond acceptors (Lipinski definition) is 4. The van der Waals surface area contributed by atoms with Crippen LogP contribution in [-0.2, 0) is 21.3 Å². The molecule has 0 aliphatic carbocycles. The lowest BCUT2D eigenvalue weighted by Crippen LogP contribution is -2.38. The summed E-state index contributed by atoms with van der Waals surface area (Å²) in [5, 5.41) is 3.21. The van der Waals surface area contributed by atoms with E-state index < -0.39 is 10.0 Å². The number of sulfonamides is 1. The molecule has 1 aromatic carbocycles. The molecule has 0 saturated carbocycles. The van der Waals surface area contributed by atoms with Crippen LogP contribution < -0.4 is 10.0 Å². The molecule has 21 heavy (non-hydrogen) atoms. The minimum atomic E-state index is -3.46. The Bertz CT molecular complexity index is 537. The van der Waals surface area contributed by atoms with E-state index in [1.54, 1.807) is 12.1 Å². The molecule has 0 radical (unpaired) electrons. The van der Waals surface area contributed by atoms with E-state index >= 15 is 0 Å². The van der Waals surface area contributed by atoms with Crippen molar-refractivity contribution in [3.05, 3.63) is 29.8 Å². The minimum absolute atomic E-state index is 0.112. The Morgan fingerprint density at radius 3 is 2.62 bits per heavy atom. The van der Waals surface area contributed by atoms with E-state index in [1.807, 2.05) is 26.0 Å². The molecule has 1 aromatic rings. The summed E-state index contributed by atoms with van der Waals surface area (Å²) < 4.78 is 32.8. The van der Waals surface area contributed by atoms with Crippen molar-refractivity contribution in [1.82, 2.24) is 10.0 Å². The lowest BCUT2D eigenvalue weighted by Gasteiger charge is -2.19. The Morgan fingerprint density at radius 1 is 1.33 bits per heavy atom. The summed E-state index contributed by atoms with van der Waals surface area (Å²) in [6.45, 7) is 6.93. The van der Waals surface area contributed by atoms with E-state index in [1.165, 1.54) is 0 Å². The molecule has 118 valence electrons. The van der Waals surface area contributed by atoms with Gasteiger partial charge in [-0.05, 0) is 37.6 Å². The standard InChI is InChI=1S/C15H24N2O3S/c1-3-16-10-13-4-6-15(7-5-13)21(18,19)17-12(2)14-8-9-20-11-14/h4-7,12,14,16-17H,3,8-11H2,1-2H3. The van der Waals surface area contributed by atoms with Gasteiger partial charge in [-0.1, -0.05) is 19.1 Å². The van der Waals surface area contributed by atoms with Gasteiger partial charge in [0.05, 0.1) is 11.5 Å². The Hall–Kier alpha value is -0.950. The molecule has 6 heteroatoms. The summed E-state index contributed by atoms with van der Waals surface area (Å²) in [6, 6.07) is 6.90. The minimum Gasteiger partial charge on any atom is -0.381 e. The molecule has 2 rings (SSSR count). The molecule has 1 aliphatic heterocycles. The van der Waals surface area contributed by atoms with Gasteiger partial charge in [0.2, 0.25) is 10.0 Å². The highest BCUT2D eigenvalue weighted by atomic mass is 32.2. The summed E-state index contributed by atoms with van der Waals surface area (Å²) >= 11 is 0. The van der Waals surface area contributed by atoms with Crippen LogP contribution in [0, 0.1) is 5.92 Å². The van der Waals surface area contributed by atoms with Crippen LogP contribution in [-0.4, -0.2) is 34.2 Å². The first-order chi connectivity index (χ1) is 10.0. The number of ether oxygens (including phenoxy) is 1. The summed E-state index contributed by atoms with van der Waals surface area (Å²) in [7, 11) is -3.46. The van der Waals surface area contributed by atoms with Crippen LogP contribution in [0.1, 0.15) is 25.8 Å². The molecule has 1 fully saturated rings. The van der Waals surface area contributed by atoms with E-state index in [0.29, 0.717) is 11.5 Å². The van der Waals surface area contributed by atoms with Gasteiger partial charge in [0.15, 0.2) is 0 Å². The molecule has 1 saturated heterocycles. The topological polar surface area (TPSA) is 67.4 Å². The van der Waals surface area contributed by atoms with Gasteiger partial charge in [-0.25, -0.2) is 13.1 Å². The summed E-state index contributed by atoms with van der Waals surface area (Å²) in [5.41, 5.74) is 1.08. The summed E-state index contributed by atoms with van der Waals surface area (Å²) in [4.78, 5) is 0.313. The predicted molar refractivity (Wildman–Crippen MR) is 82.5 cm³/mol. The zero-order chi connectivity index (χ0) is 15.3. The Kier molecular flexibility index (Phi) is 5.75. The number of rotatable bonds is 7. The molecule has 0 spiro atoms. The van der Waals surface area contributed by atoms with Crippen molar-refractivity contribution in [2.75, 3.05) is 19.8 Å². The maximum atomic E-state index is 12.4. The van der Waals surface area contributed by atoms with Crippen molar-refractivity contribution in [3.63, 3.8) is 0 Å². The normalized spacial score (nSPS) is 20.6. The summed E-state index contributed by atoms with van der Waals surface area (Å²) in [6.07, 6.45) is 0.908. The molecule has 0 bridgehead atoms. The van der Waals surface area contributed by atoms with E-state index in [0.717, 1.165) is 31.7 Å². The summed E-state index contributed by atoms with van der Waals surface area (Å²) in [5.74, 6) is 0.257. The second kappa shape index (κ2) is 7.35. The fraction of sp³-hybridized carbons (Fsp3) is 0.600. The fourth-order valence-electron chi connectivity index (χ4n) is 2.41. The third-order valence-electron chi connectivity index (χ3n) is 3.83. The third kappa shape index (κ3) is 4.51. The monoisotopic (exact) mass is 312 g/mol. The highest BCUT2D eigenvalue weighted by molar-refractivity contribution is 7.89. The highest BCUT2D eigenvalue weighted by Crippen LogP contribution is 2.19. The lowest BCUT2D eigenvalue weighted by atomic mass is 10.0. The predicted octanol–water partition coefficient (Wildman–Crippen LogP) is 1.50. The molecule has 5 nitrogen and oxygen atoms in total. The Balaban J connectivity index is 2.01. The zero-order valence-corrected chi connectivity index (χ0v) is 13.4. The van der Waals surface area contributed by atoms with Gasteiger partial charge in [-0.15, -0.1) is 0 Å². The third-order valence-corrected chi connectivity index (χ3v) is 5.40. The van der Waals surface area contributed by atoms with Gasteiger partial charge in [-0.3, -0.25) is 0 Å². The smallest absolute Gasteiger partial charge is 0.240 e. The van der Waals surface area contributed by atoms with E-state index in [9.17, 15) is 8.42 Å². The van der Waals surface area contributed by atoms with Crippen LogP contribution in [0.25, 0.3) is 0 Å². The highest BCUT2D eigenvalue weighted by Gasteiger charge is 2.26. The van der Waals surface area contributed by atoms with E-state index in [4.69, 9.17) is 4.74 Å². The van der Waals surface area contributed by atoms with Crippen LogP contribution in [0.5, 0.6) is 0 Å². The molecule has 2 unspecified atom stereocenters. The van der Waals surface area contributed by atoms with Gasteiger partial charge in [0.1, 0.15) is 0 Å². The molecule has 2 N–H and O–H groups in total. The van der Waals surface area contributed by atoms with Crippen LogP contribution in [0.2, 0.25) is 0 Å². The van der Waals surface area contributed by atoms with Gasteiger partial charge < -0.3 is 10.1 Å². The van der Waals surface area contributed by atoms with Crippen molar-refractivity contribution >= 4 is 10.0 Å². The maximum Gasteiger partial charge on any atom is 0.240 e. The molecule has 2 atom stereocenters. The van der Waals surface area contributed by atoms with Gasteiger partial charge in [0.25, 0.3) is 0 Å². The molecular weight excluding hydrogens is 288 g/mol. The maximum absolute atomic E-state index is 12.4. The van der Waals surface area contributed by atoms with Crippen LogP contribution in [0.15, 0.2) is 29.2 Å². The van der Waals surface area contributed by atoms with Crippen LogP contribution >= 0.6 is 0 Å². The first-order valence-electron chi connectivity index (χ1n) is 7.42. The quantitative estimate of drug-likeness (QED) is 0.801. The zero-order valence-electron chi connectivity index (χ0n) is 12.6. The lowest BCUT2D eigenvalue weighted by molar-refractivity contribution is 0.180. The fourth-order valence-corrected chi connectivity index (χ4v) is 3.72. The van der Waals surface area contributed by atoms with Crippen molar-refractivity contribution in [1.29, 1.82) is 0 Å². The van der Waals surface area contributed by atoms with Crippen molar-refractivity contribution in [3.8, 4) is 0 Å². The molecular formula is C15H24N2O3S. The van der Waals surface area contributed by atoms with E-state index in [2.05, 4.69) is 10.0 Å². The first kappa shape index (κ1) is 16.4. The average molecular weight is 312 g/mol. The van der Waals surface area contributed by atoms with Gasteiger partial charge >= 0.3 is 0 Å². The Morgan fingerprint density at radius 2 is 2.05 bits per heavy atom. The Labute approximate surface area is 127 Å². The SMILES string of the molecule is CCNCc1ccc(S(=O)(=O)NC(C)C2CCOC2)cc1. The van der Waals surface area contributed by atoms with Crippen molar-refractivity contribution in [2.45, 2.75) is 37.8 Å². The van der Waals surface area contributed by atoms with Crippen LogP contribution in [0.3, 0.4) is 0 Å². The van der Waals surface area contributed by atoms with Gasteiger partial charge in [-0.2, -0.15) is 0 Å². The average Bonchev–Trinajstić information content (AvgIpc) is 2.99. The second-order valence-electron chi connectivity index (χ2n) is 5.46. The number of hydrogen-bond donors (Lipinski definition) is 2. The van der Waals surface area contributed by atoms with Crippen molar-refractivity contribution < 1.29 is 13.2 Å². The molecule has 1 aliphatic rings.